The summed E-state index contributed by atoms with van der Waals surface area (Å²) >= 11 is 0. The first-order valence-electron chi connectivity index (χ1n) is 7.54. The van der Waals surface area contributed by atoms with E-state index in [0.717, 1.165) is 6.42 Å². The van der Waals surface area contributed by atoms with E-state index in [9.17, 15) is 5.11 Å². The van der Waals surface area contributed by atoms with Crippen LogP contribution in [0.2, 0.25) is 0 Å². The molecule has 0 heterocycles. The molecule has 0 spiro atoms. The molecule has 114 valence electrons. The minimum absolute atomic E-state index is 0.145. The van der Waals surface area contributed by atoms with E-state index in [1.165, 1.54) is 0 Å². The number of aliphatic hydroxyl groups excluding tert-OH is 1. The molecule has 3 nitrogen and oxygen atoms in total. The molecule has 0 aromatic carbocycles. The standard InChI is InChI=1S/C16H33NO2/c1-8-15(5)12(9-13(18)19-7)16(6,11(2)10-17)14(15,3)4/h11-13,18H,8-10,17H2,1-7H3. The third kappa shape index (κ3) is 2.05. The molecule has 1 aliphatic rings. The number of hydrogen-bond acceptors (Lipinski definition) is 3. The van der Waals surface area contributed by atoms with Crippen LogP contribution < -0.4 is 5.73 Å². The lowest BCUT2D eigenvalue weighted by atomic mass is 9.29. The molecular weight excluding hydrogens is 238 g/mol. The van der Waals surface area contributed by atoms with Crippen molar-refractivity contribution in [1.82, 2.24) is 0 Å². The molecule has 0 aromatic rings. The molecular formula is C16H33NO2. The smallest absolute Gasteiger partial charge is 0.154 e. The first-order chi connectivity index (χ1) is 8.63. The Hall–Kier alpha value is -0.120. The summed E-state index contributed by atoms with van der Waals surface area (Å²) in [6.45, 7) is 14.6. The van der Waals surface area contributed by atoms with Crippen molar-refractivity contribution in [3.05, 3.63) is 0 Å². The van der Waals surface area contributed by atoms with Crippen molar-refractivity contribution in [2.24, 2.45) is 33.8 Å². The molecule has 19 heavy (non-hydrogen) atoms. The third-order valence-corrected chi connectivity index (χ3v) is 7.09. The Morgan fingerprint density at radius 1 is 1.26 bits per heavy atom. The molecule has 0 aliphatic heterocycles. The second kappa shape index (κ2) is 5.34. The van der Waals surface area contributed by atoms with E-state index in [1.807, 2.05) is 0 Å². The summed E-state index contributed by atoms with van der Waals surface area (Å²) in [5.74, 6) is 0.879. The van der Waals surface area contributed by atoms with Gasteiger partial charge < -0.3 is 15.6 Å². The van der Waals surface area contributed by atoms with Gasteiger partial charge in [-0.25, -0.2) is 0 Å². The van der Waals surface area contributed by atoms with Crippen LogP contribution in [-0.4, -0.2) is 25.1 Å². The van der Waals surface area contributed by atoms with Crippen LogP contribution in [0, 0.1) is 28.1 Å². The maximum Gasteiger partial charge on any atom is 0.154 e. The van der Waals surface area contributed by atoms with Gasteiger partial charge >= 0.3 is 0 Å². The Balaban J connectivity index is 3.13. The summed E-state index contributed by atoms with van der Waals surface area (Å²) in [5.41, 5.74) is 6.54. The highest BCUT2D eigenvalue weighted by molar-refractivity contribution is 5.18. The highest BCUT2D eigenvalue weighted by Crippen LogP contribution is 2.76. The van der Waals surface area contributed by atoms with Gasteiger partial charge in [0.15, 0.2) is 6.29 Å². The number of nitrogens with two attached hydrogens (primary N) is 1. The summed E-state index contributed by atoms with van der Waals surface area (Å²) in [6, 6.07) is 0. The summed E-state index contributed by atoms with van der Waals surface area (Å²) in [5, 5.41) is 9.92. The maximum absolute atomic E-state index is 9.92. The quantitative estimate of drug-likeness (QED) is 0.730. The van der Waals surface area contributed by atoms with Gasteiger partial charge in [0.2, 0.25) is 0 Å². The fourth-order valence-electron chi connectivity index (χ4n) is 4.77. The van der Waals surface area contributed by atoms with Gasteiger partial charge in [-0.05, 0) is 41.0 Å². The van der Waals surface area contributed by atoms with E-state index in [2.05, 4.69) is 41.5 Å². The summed E-state index contributed by atoms with van der Waals surface area (Å²) in [7, 11) is 1.57. The average molecular weight is 271 g/mol. The molecule has 0 saturated heterocycles. The number of hydrogen-bond donors (Lipinski definition) is 2. The van der Waals surface area contributed by atoms with Crippen molar-refractivity contribution in [1.29, 1.82) is 0 Å². The molecule has 3 N–H and O–H groups in total. The predicted octanol–water partition coefficient (Wildman–Crippen LogP) is 3.01. The molecule has 3 heteroatoms. The highest BCUT2D eigenvalue weighted by Gasteiger charge is 2.71. The van der Waals surface area contributed by atoms with Crippen molar-refractivity contribution >= 4 is 0 Å². The summed E-state index contributed by atoms with van der Waals surface area (Å²) in [4.78, 5) is 0. The normalized spacial score (nSPS) is 40.6. The van der Waals surface area contributed by atoms with Crippen LogP contribution in [0.5, 0.6) is 0 Å². The Bertz CT molecular complexity index is 318. The van der Waals surface area contributed by atoms with E-state index < -0.39 is 6.29 Å². The Morgan fingerprint density at radius 3 is 2.16 bits per heavy atom. The number of rotatable bonds is 6. The fraction of sp³-hybridized carbons (Fsp3) is 1.00. The predicted molar refractivity (Wildman–Crippen MR) is 79.6 cm³/mol. The second-order valence-corrected chi connectivity index (χ2v) is 7.29. The molecule has 5 atom stereocenters. The first kappa shape index (κ1) is 16.9. The number of ether oxygens (including phenoxy) is 1. The molecule has 0 aromatic heterocycles. The monoisotopic (exact) mass is 271 g/mol. The van der Waals surface area contributed by atoms with Gasteiger partial charge in [-0.1, -0.05) is 41.5 Å². The van der Waals surface area contributed by atoms with Crippen LogP contribution in [-0.2, 0) is 4.74 Å². The van der Waals surface area contributed by atoms with Gasteiger partial charge in [0, 0.05) is 13.5 Å². The van der Waals surface area contributed by atoms with Crippen LogP contribution in [0.1, 0.15) is 54.4 Å². The van der Waals surface area contributed by atoms with Crippen LogP contribution in [0.25, 0.3) is 0 Å². The van der Waals surface area contributed by atoms with Gasteiger partial charge in [-0.15, -0.1) is 0 Å². The fourth-order valence-corrected chi connectivity index (χ4v) is 4.77. The van der Waals surface area contributed by atoms with E-state index >= 15 is 0 Å². The largest absolute Gasteiger partial charge is 0.368 e. The molecule has 1 rings (SSSR count). The van der Waals surface area contributed by atoms with E-state index in [4.69, 9.17) is 10.5 Å². The van der Waals surface area contributed by atoms with E-state index in [1.54, 1.807) is 7.11 Å². The molecule has 5 unspecified atom stereocenters. The minimum Gasteiger partial charge on any atom is -0.368 e. The van der Waals surface area contributed by atoms with Gasteiger partial charge in [-0.2, -0.15) is 0 Å². The SMILES string of the molecule is CCC1(C)C(CC(O)OC)C(C)(C(C)CN)C1(C)C. The molecule has 0 bridgehead atoms. The zero-order valence-electron chi connectivity index (χ0n) is 13.8. The van der Waals surface area contributed by atoms with Crippen molar-refractivity contribution in [3.8, 4) is 0 Å². The van der Waals surface area contributed by atoms with Gasteiger partial charge in [0.05, 0.1) is 0 Å². The van der Waals surface area contributed by atoms with Gasteiger partial charge in [-0.3, -0.25) is 0 Å². The van der Waals surface area contributed by atoms with Crippen LogP contribution in [0.15, 0.2) is 0 Å². The van der Waals surface area contributed by atoms with E-state index in [0.29, 0.717) is 24.8 Å². The number of methoxy groups -OCH3 is 1. The Labute approximate surface area is 118 Å². The van der Waals surface area contributed by atoms with E-state index in [-0.39, 0.29) is 16.2 Å². The first-order valence-corrected chi connectivity index (χ1v) is 7.54. The van der Waals surface area contributed by atoms with Crippen LogP contribution >= 0.6 is 0 Å². The van der Waals surface area contributed by atoms with Gasteiger partial charge in [0.25, 0.3) is 0 Å². The van der Waals surface area contributed by atoms with Crippen molar-refractivity contribution in [3.63, 3.8) is 0 Å². The molecule has 0 amide bonds. The lowest BCUT2D eigenvalue weighted by Gasteiger charge is -2.75. The van der Waals surface area contributed by atoms with Crippen LogP contribution in [0.3, 0.4) is 0 Å². The summed E-state index contributed by atoms with van der Waals surface area (Å²) in [6.07, 6.45) is 1.15. The van der Waals surface area contributed by atoms with Crippen molar-refractivity contribution in [2.45, 2.75) is 60.7 Å². The van der Waals surface area contributed by atoms with Gasteiger partial charge in [0.1, 0.15) is 0 Å². The topological polar surface area (TPSA) is 55.5 Å². The van der Waals surface area contributed by atoms with Crippen LogP contribution in [0.4, 0.5) is 0 Å². The van der Waals surface area contributed by atoms with Crippen molar-refractivity contribution in [2.75, 3.05) is 13.7 Å². The Morgan fingerprint density at radius 2 is 1.79 bits per heavy atom. The lowest BCUT2D eigenvalue weighted by Crippen LogP contribution is -2.71. The third-order valence-electron chi connectivity index (χ3n) is 7.09. The highest BCUT2D eigenvalue weighted by atomic mass is 16.6. The molecule has 1 aliphatic carbocycles. The average Bonchev–Trinajstić information content (AvgIpc) is 2.41. The molecule has 1 fully saturated rings. The zero-order valence-corrected chi connectivity index (χ0v) is 13.8. The molecule has 0 radical (unpaired) electrons. The zero-order chi connectivity index (χ0) is 15.1. The number of aliphatic hydroxyl groups is 1. The van der Waals surface area contributed by atoms with Crippen molar-refractivity contribution < 1.29 is 9.84 Å². The second-order valence-electron chi connectivity index (χ2n) is 7.29. The lowest BCUT2D eigenvalue weighted by molar-refractivity contribution is -0.287. The maximum atomic E-state index is 9.92. The Kier molecular flexibility index (Phi) is 4.76. The minimum atomic E-state index is -0.670. The summed E-state index contributed by atoms with van der Waals surface area (Å²) < 4.78 is 5.09. The molecule has 1 saturated carbocycles.